The average molecular weight is 362 g/mol. The molecule has 1 unspecified atom stereocenters. The van der Waals surface area contributed by atoms with Crippen molar-refractivity contribution in [3.63, 3.8) is 0 Å². The van der Waals surface area contributed by atoms with Crippen LogP contribution in [0, 0.1) is 0 Å². The maximum absolute atomic E-state index is 12.1. The highest BCUT2D eigenvalue weighted by molar-refractivity contribution is 9.10. The van der Waals surface area contributed by atoms with E-state index < -0.39 is 0 Å². The first-order valence-electron chi connectivity index (χ1n) is 6.62. The maximum atomic E-state index is 12.1. The third-order valence-electron chi connectivity index (χ3n) is 3.20. The predicted molar refractivity (Wildman–Crippen MR) is 83.3 cm³/mol. The number of nitrogens with zero attached hydrogens (tertiary/aromatic N) is 1. The molecule has 4 nitrogen and oxygen atoms in total. The van der Waals surface area contributed by atoms with Crippen molar-refractivity contribution in [1.29, 1.82) is 0 Å². The lowest BCUT2D eigenvalue weighted by molar-refractivity contribution is 0.0342. The van der Waals surface area contributed by atoms with Gasteiger partial charge in [0, 0.05) is 35.7 Å². The summed E-state index contributed by atoms with van der Waals surface area (Å²) in [6, 6.07) is 5.27. The number of rotatable bonds is 4. The molecule has 1 fully saturated rings. The second kappa shape index (κ2) is 7.41. The van der Waals surface area contributed by atoms with Crippen LogP contribution in [0.1, 0.15) is 17.3 Å². The summed E-state index contributed by atoms with van der Waals surface area (Å²) >= 11 is 9.25. The van der Waals surface area contributed by atoms with Gasteiger partial charge in [0.25, 0.3) is 5.91 Å². The summed E-state index contributed by atoms with van der Waals surface area (Å²) in [5.74, 6) is -0.0804. The van der Waals surface area contributed by atoms with E-state index in [0.29, 0.717) is 10.6 Å². The summed E-state index contributed by atoms with van der Waals surface area (Å²) in [6.07, 6.45) is 0. The Morgan fingerprint density at radius 3 is 2.85 bits per heavy atom. The molecule has 1 N–H and O–H groups in total. The number of amides is 1. The van der Waals surface area contributed by atoms with Crippen LogP contribution in [0.4, 0.5) is 0 Å². The quantitative estimate of drug-likeness (QED) is 0.896. The number of ether oxygens (including phenoxy) is 1. The molecule has 0 radical (unpaired) electrons. The Kier molecular flexibility index (Phi) is 5.84. The third-order valence-corrected chi connectivity index (χ3v) is 4.41. The van der Waals surface area contributed by atoms with Gasteiger partial charge in [-0.3, -0.25) is 9.69 Å². The summed E-state index contributed by atoms with van der Waals surface area (Å²) < 4.78 is 6.04. The van der Waals surface area contributed by atoms with E-state index in [1.165, 1.54) is 0 Å². The number of carbonyl (C=O) groups excluding carboxylic acids is 1. The molecule has 1 saturated heterocycles. The lowest BCUT2D eigenvalue weighted by atomic mass is 10.2. The zero-order valence-corrected chi connectivity index (χ0v) is 13.7. The summed E-state index contributed by atoms with van der Waals surface area (Å²) in [4.78, 5) is 14.4. The fourth-order valence-corrected chi connectivity index (χ4v) is 2.66. The van der Waals surface area contributed by atoms with Crippen LogP contribution >= 0.6 is 27.5 Å². The topological polar surface area (TPSA) is 41.6 Å². The van der Waals surface area contributed by atoms with Gasteiger partial charge in [0.05, 0.1) is 18.2 Å². The summed E-state index contributed by atoms with van der Waals surface area (Å²) in [5.41, 5.74) is 0.607. The zero-order valence-electron chi connectivity index (χ0n) is 11.4. The molecule has 1 aliphatic heterocycles. The molecule has 0 spiro atoms. The van der Waals surface area contributed by atoms with Gasteiger partial charge in [0.1, 0.15) is 0 Å². The first-order valence-corrected chi connectivity index (χ1v) is 7.79. The van der Waals surface area contributed by atoms with Crippen LogP contribution in [0.5, 0.6) is 0 Å². The van der Waals surface area contributed by atoms with E-state index in [1.807, 2.05) is 6.92 Å². The Morgan fingerprint density at radius 2 is 2.20 bits per heavy atom. The lowest BCUT2D eigenvalue weighted by Crippen LogP contribution is -2.46. The molecule has 1 atom stereocenters. The van der Waals surface area contributed by atoms with E-state index in [1.54, 1.807) is 18.2 Å². The normalized spacial score (nSPS) is 17.8. The van der Waals surface area contributed by atoms with Crippen LogP contribution in [0.3, 0.4) is 0 Å². The van der Waals surface area contributed by atoms with Gasteiger partial charge in [-0.05, 0) is 41.1 Å². The minimum absolute atomic E-state index is 0.0804. The van der Waals surface area contributed by atoms with E-state index in [-0.39, 0.29) is 11.9 Å². The highest BCUT2D eigenvalue weighted by atomic mass is 79.9. The van der Waals surface area contributed by atoms with Crippen molar-refractivity contribution in [2.75, 3.05) is 32.8 Å². The fourth-order valence-electron chi connectivity index (χ4n) is 2.16. The van der Waals surface area contributed by atoms with Gasteiger partial charge in [0.15, 0.2) is 0 Å². The first-order chi connectivity index (χ1) is 9.56. The van der Waals surface area contributed by atoms with Crippen LogP contribution in [0.2, 0.25) is 5.02 Å². The Hall–Kier alpha value is -0.620. The van der Waals surface area contributed by atoms with Gasteiger partial charge in [-0.2, -0.15) is 0 Å². The van der Waals surface area contributed by atoms with Gasteiger partial charge in [-0.25, -0.2) is 0 Å². The largest absolute Gasteiger partial charge is 0.379 e. The van der Waals surface area contributed by atoms with E-state index in [4.69, 9.17) is 16.3 Å². The molecule has 2 rings (SSSR count). The predicted octanol–water partition coefficient (Wildman–Crippen LogP) is 2.55. The highest BCUT2D eigenvalue weighted by Gasteiger charge is 2.16. The van der Waals surface area contributed by atoms with Crippen molar-refractivity contribution in [2.24, 2.45) is 0 Å². The van der Waals surface area contributed by atoms with Crippen molar-refractivity contribution in [2.45, 2.75) is 13.0 Å². The van der Waals surface area contributed by atoms with E-state index in [0.717, 1.165) is 37.3 Å². The molecular weight excluding hydrogens is 344 g/mol. The van der Waals surface area contributed by atoms with Crippen LogP contribution in [0.15, 0.2) is 22.7 Å². The number of benzene rings is 1. The first kappa shape index (κ1) is 15.8. The van der Waals surface area contributed by atoms with Crippen molar-refractivity contribution in [1.82, 2.24) is 10.2 Å². The van der Waals surface area contributed by atoms with Crippen molar-refractivity contribution in [3.05, 3.63) is 33.3 Å². The van der Waals surface area contributed by atoms with E-state index >= 15 is 0 Å². The number of morpholine rings is 1. The zero-order chi connectivity index (χ0) is 14.5. The monoisotopic (exact) mass is 360 g/mol. The molecule has 6 heteroatoms. The number of hydrogen-bond donors (Lipinski definition) is 1. The summed E-state index contributed by atoms with van der Waals surface area (Å²) in [7, 11) is 0. The molecule has 0 aromatic heterocycles. The fraction of sp³-hybridized carbons (Fsp3) is 0.500. The maximum Gasteiger partial charge on any atom is 0.251 e. The highest BCUT2D eigenvalue weighted by Crippen LogP contribution is 2.23. The van der Waals surface area contributed by atoms with E-state index in [9.17, 15) is 4.79 Å². The number of nitrogens with one attached hydrogen (secondary N) is 1. The molecule has 0 saturated carbocycles. The molecule has 1 aromatic carbocycles. The third kappa shape index (κ3) is 4.45. The van der Waals surface area contributed by atoms with E-state index in [2.05, 4.69) is 26.1 Å². The van der Waals surface area contributed by atoms with Gasteiger partial charge in [-0.15, -0.1) is 0 Å². The Labute approximate surface area is 132 Å². The minimum Gasteiger partial charge on any atom is -0.379 e. The summed E-state index contributed by atoms with van der Waals surface area (Å²) in [6.45, 7) is 6.23. The van der Waals surface area contributed by atoms with Gasteiger partial charge in [-0.1, -0.05) is 11.6 Å². The molecule has 1 aromatic rings. The molecule has 0 bridgehead atoms. The lowest BCUT2D eigenvalue weighted by Gasteiger charge is -2.29. The van der Waals surface area contributed by atoms with Crippen molar-refractivity contribution < 1.29 is 9.53 Å². The molecule has 1 amide bonds. The van der Waals surface area contributed by atoms with Gasteiger partial charge >= 0.3 is 0 Å². The molecule has 20 heavy (non-hydrogen) atoms. The Bertz CT molecular complexity index is 478. The average Bonchev–Trinajstić information content (AvgIpc) is 2.42. The van der Waals surface area contributed by atoms with Gasteiger partial charge < -0.3 is 10.1 Å². The SMILES string of the molecule is CC(CN1CCOCC1)NC(=O)c1ccc(Cl)c(Br)c1. The van der Waals surface area contributed by atoms with Crippen molar-refractivity contribution >= 4 is 33.4 Å². The summed E-state index contributed by atoms with van der Waals surface area (Å²) in [5, 5.41) is 3.60. The number of halogens is 2. The number of carbonyl (C=O) groups is 1. The molecule has 1 heterocycles. The molecule has 0 aliphatic carbocycles. The Balaban J connectivity index is 1.87. The van der Waals surface area contributed by atoms with Gasteiger partial charge in [0.2, 0.25) is 0 Å². The number of hydrogen-bond acceptors (Lipinski definition) is 3. The second-order valence-corrected chi connectivity index (χ2v) is 6.18. The van der Waals surface area contributed by atoms with Crippen LogP contribution in [-0.2, 0) is 4.74 Å². The smallest absolute Gasteiger partial charge is 0.251 e. The molecule has 110 valence electrons. The van der Waals surface area contributed by atoms with Crippen LogP contribution in [0.25, 0.3) is 0 Å². The standard InChI is InChI=1S/C14H18BrClN2O2/c1-10(9-18-4-6-20-7-5-18)17-14(19)11-2-3-13(16)12(15)8-11/h2-3,8,10H,4-7,9H2,1H3,(H,17,19). The van der Waals surface area contributed by atoms with Crippen LogP contribution in [-0.4, -0.2) is 49.7 Å². The minimum atomic E-state index is -0.0804. The second-order valence-electron chi connectivity index (χ2n) is 4.92. The van der Waals surface area contributed by atoms with Crippen LogP contribution < -0.4 is 5.32 Å². The van der Waals surface area contributed by atoms with Crippen molar-refractivity contribution in [3.8, 4) is 0 Å². The molecular formula is C14H18BrClN2O2. The Morgan fingerprint density at radius 1 is 1.50 bits per heavy atom. The molecule has 1 aliphatic rings.